The van der Waals surface area contributed by atoms with Crippen LogP contribution in [0.25, 0.3) is 0 Å². The molecule has 100 valence electrons. The van der Waals surface area contributed by atoms with E-state index in [2.05, 4.69) is 0 Å². The fourth-order valence-corrected chi connectivity index (χ4v) is 1.38. The van der Waals surface area contributed by atoms with Gasteiger partial charge in [-0.3, -0.25) is 4.79 Å². The van der Waals surface area contributed by atoms with Crippen LogP contribution >= 0.6 is 0 Å². The molecule has 0 aliphatic heterocycles. The molecule has 0 aromatic heterocycles. The molecule has 0 unspecified atom stereocenters. The summed E-state index contributed by atoms with van der Waals surface area (Å²) in [7, 11) is 1.58. The van der Waals surface area contributed by atoms with E-state index in [0.717, 1.165) is 12.1 Å². The third kappa shape index (κ3) is 3.97. The van der Waals surface area contributed by atoms with Crippen molar-refractivity contribution in [3.05, 3.63) is 29.6 Å². The van der Waals surface area contributed by atoms with E-state index in [-0.39, 0.29) is 17.2 Å². The van der Waals surface area contributed by atoms with Gasteiger partial charge in [0.05, 0.1) is 18.8 Å². The van der Waals surface area contributed by atoms with Crippen molar-refractivity contribution in [2.45, 2.75) is 0 Å². The normalized spacial score (nSPS) is 10.4. The molecule has 5 nitrogen and oxygen atoms in total. The smallest absolute Gasteiger partial charge is 0.257 e. The predicted octanol–water partition coefficient (Wildman–Crippen LogP) is 0.579. The Kier molecular flexibility index (Phi) is 5.54. The number of ether oxygens (including phenoxy) is 1. The number of phenolic OH excluding ortho intramolecular Hbond substituents is 1. The number of rotatable bonds is 6. The number of hydrogen-bond acceptors (Lipinski definition) is 4. The monoisotopic (exact) mass is 256 g/mol. The molecule has 18 heavy (non-hydrogen) atoms. The third-order valence-corrected chi connectivity index (χ3v) is 2.37. The second-order valence-corrected chi connectivity index (χ2v) is 3.79. The van der Waals surface area contributed by atoms with Gasteiger partial charge in [-0.1, -0.05) is 0 Å². The van der Waals surface area contributed by atoms with Gasteiger partial charge in [-0.25, -0.2) is 4.39 Å². The van der Waals surface area contributed by atoms with Crippen molar-refractivity contribution in [2.24, 2.45) is 5.73 Å². The van der Waals surface area contributed by atoms with Gasteiger partial charge >= 0.3 is 0 Å². The molecular formula is C12H17FN2O3. The van der Waals surface area contributed by atoms with Crippen molar-refractivity contribution in [1.82, 2.24) is 4.90 Å². The van der Waals surface area contributed by atoms with Gasteiger partial charge in [0, 0.05) is 26.2 Å². The first-order valence-corrected chi connectivity index (χ1v) is 5.58. The molecule has 0 heterocycles. The van der Waals surface area contributed by atoms with Crippen LogP contribution in [0.1, 0.15) is 10.4 Å². The Morgan fingerprint density at radius 1 is 1.50 bits per heavy atom. The second kappa shape index (κ2) is 6.93. The van der Waals surface area contributed by atoms with Crippen molar-refractivity contribution in [2.75, 3.05) is 33.4 Å². The third-order valence-electron chi connectivity index (χ3n) is 2.37. The summed E-state index contributed by atoms with van der Waals surface area (Å²) in [6, 6.07) is 3.29. The number of halogens is 1. The number of nitrogens with zero attached hydrogens (tertiary/aromatic N) is 1. The van der Waals surface area contributed by atoms with Crippen molar-refractivity contribution in [3.8, 4) is 5.75 Å². The van der Waals surface area contributed by atoms with Crippen molar-refractivity contribution in [1.29, 1.82) is 0 Å². The van der Waals surface area contributed by atoms with Crippen LogP contribution in [-0.4, -0.2) is 49.3 Å². The Balaban J connectivity index is 2.57. The standard InChI is InChI=1S/C12H17FN2O3/c1-15(5-7-18-6-4-14)12(17)10-3-2-9(13)8-11(10)16/h2-3,8,16H,4-7,14H2,1H3. The summed E-state index contributed by atoms with van der Waals surface area (Å²) in [5.74, 6) is -1.34. The molecule has 0 saturated heterocycles. The van der Waals surface area contributed by atoms with Gasteiger partial charge < -0.3 is 20.5 Å². The molecule has 0 bridgehead atoms. The Bertz CT molecular complexity index is 412. The van der Waals surface area contributed by atoms with E-state index in [1.165, 1.54) is 11.0 Å². The average Bonchev–Trinajstić information content (AvgIpc) is 2.33. The molecule has 1 aromatic carbocycles. The fourth-order valence-electron chi connectivity index (χ4n) is 1.38. The Hall–Kier alpha value is -1.66. The Labute approximate surface area is 105 Å². The lowest BCUT2D eigenvalue weighted by Crippen LogP contribution is -2.30. The Morgan fingerprint density at radius 3 is 2.83 bits per heavy atom. The first kappa shape index (κ1) is 14.4. The van der Waals surface area contributed by atoms with E-state index in [9.17, 15) is 14.3 Å². The number of hydrogen-bond donors (Lipinski definition) is 2. The van der Waals surface area contributed by atoms with Gasteiger partial charge in [0.1, 0.15) is 11.6 Å². The highest BCUT2D eigenvalue weighted by Gasteiger charge is 2.15. The van der Waals surface area contributed by atoms with E-state index in [1.807, 2.05) is 0 Å². The minimum atomic E-state index is -0.585. The zero-order valence-electron chi connectivity index (χ0n) is 10.2. The van der Waals surface area contributed by atoms with E-state index in [4.69, 9.17) is 10.5 Å². The molecule has 0 aliphatic carbocycles. The van der Waals surface area contributed by atoms with Crippen LogP contribution in [0, 0.1) is 5.82 Å². The van der Waals surface area contributed by atoms with Crippen LogP contribution in [0.4, 0.5) is 4.39 Å². The summed E-state index contributed by atoms with van der Waals surface area (Å²) in [6.07, 6.45) is 0. The molecule has 6 heteroatoms. The zero-order valence-corrected chi connectivity index (χ0v) is 10.2. The van der Waals surface area contributed by atoms with E-state index < -0.39 is 5.82 Å². The lowest BCUT2D eigenvalue weighted by atomic mass is 10.1. The molecule has 0 atom stereocenters. The van der Waals surface area contributed by atoms with Gasteiger partial charge in [-0.2, -0.15) is 0 Å². The molecule has 0 radical (unpaired) electrons. The van der Waals surface area contributed by atoms with Crippen LogP contribution in [0.2, 0.25) is 0 Å². The lowest BCUT2D eigenvalue weighted by molar-refractivity contribution is 0.0701. The second-order valence-electron chi connectivity index (χ2n) is 3.79. The van der Waals surface area contributed by atoms with Crippen LogP contribution in [0.5, 0.6) is 5.75 Å². The van der Waals surface area contributed by atoms with Crippen molar-refractivity contribution in [3.63, 3.8) is 0 Å². The maximum Gasteiger partial charge on any atom is 0.257 e. The molecule has 1 rings (SSSR count). The fraction of sp³-hybridized carbons (Fsp3) is 0.417. The number of carbonyl (C=O) groups excluding carboxylic acids is 1. The molecule has 1 amide bonds. The quantitative estimate of drug-likeness (QED) is 0.730. The summed E-state index contributed by atoms with van der Waals surface area (Å²) < 4.78 is 17.9. The minimum absolute atomic E-state index is 0.0673. The van der Waals surface area contributed by atoms with Gasteiger partial charge in [-0.05, 0) is 12.1 Å². The number of benzene rings is 1. The number of nitrogens with two attached hydrogens (primary N) is 1. The summed E-state index contributed by atoms with van der Waals surface area (Å²) in [5.41, 5.74) is 5.32. The zero-order chi connectivity index (χ0) is 13.5. The van der Waals surface area contributed by atoms with Crippen molar-refractivity contribution < 1.29 is 19.0 Å². The molecule has 1 aromatic rings. The number of amides is 1. The number of aromatic hydroxyl groups is 1. The first-order chi connectivity index (χ1) is 8.56. The van der Waals surface area contributed by atoms with Crippen molar-refractivity contribution >= 4 is 5.91 Å². The van der Waals surface area contributed by atoms with Gasteiger partial charge in [-0.15, -0.1) is 0 Å². The molecular weight excluding hydrogens is 239 g/mol. The van der Waals surface area contributed by atoms with Crippen LogP contribution < -0.4 is 5.73 Å². The maximum absolute atomic E-state index is 12.8. The largest absolute Gasteiger partial charge is 0.507 e. The number of carbonyl (C=O) groups is 1. The topological polar surface area (TPSA) is 75.8 Å². The summed E-state index contributed by atoms with van der Waals surface area (Å²) in [4.78, 5) is 13.3. The van der Waals surface area contributed by atoms with Gasteiger partial charge in [0.15, 0.2) is 0 Å². The van der Waals surface area contributed by atoms with E-state index >= 15 is 0 Å². The number of phenols is 1. The highest BCUT2D eigenvalue weighted by atomic mass is 19.1. The summed E-state index contributed by atoms with van der Waals surface area (Å²) in [5, 5.41) is 9.49. The first-order valence-electron chi connectivity index (χ1n) is 5.58. The van der Waals surface area contributed by atoms with E-state index in [0.29, 0.717) is 26.3 Å². The highest BCUT2D eigenvalue weighted by Crippen LogP contribution is 2.19. The van der Waals surface area contributed by atoms with Gasteiger partial charge in [0.2, 0.25) is 0 Å². The maximum atomic E-state index is 12.8. The molecule has 0 aliphatic rings. The average molecular weight is 256 g/mol. The predicted molar refractivity (Wildman–Crippen MR) is 64.9 cm³/mol. The molecule has 0 fully saturated rings. The Morgan fingerprint density at radius 2 is 2.22 bits per heavy atom. The minimum Gasteiger partial charge on any atom is -0.507 e. The summed E-state index contributed by atoms with van der Waals surface area (Å²) in [6.45, 7) is 1.59. The van der Waals surface area contributed by atoms with Crippen LogP contribution in [0.3, 0.4) is 0 Å². The SMILES string of the molecule is CN(CCOCCN)C(=O)c1ccc(F)cc1O. The molecule has 3 N–H and O–H groups in total. The van der Waals surface area contributed by atoms with Crippen LogP contribution in [-0.2, 0) is 4.74 Å². The summed E-state index contributed by atoms with van der Waals surface area (Å²) >= 11 is 0. The number of likely N-dealkylation sites (N-methyl/N-ethyl adjacent to an activating group) is 1. The molecule has 0 saturated carbocycles. The lowest BCUT2D eigenvalue weighted by Gasteiger charge is -2.17. The van der Waals surface area contributed by atoms with Crippen LogP contribution in [0.15, 0.2) is 18.2 Å². The highest BCUT2D eigenvalue weighted by molar-refractivity contribution is 5.96. The van der Waals surface area contributed by atoms with E-state index in [1.54, 1.807) is 7.05 Å². The van der Waals surface area contributed by atoms with Gasteiger partial charge in [0.25, 0.3) is 5.91 Å². The molecule has 0 spiro atoms.